The second kappa shape index (κ2) is 5.98. The first-order valence-corrected chi connectivity index (χ1v) is 9.27. The van der Waals surface area contributed by atoms with Crippen molar-refractivity contribution in [3.05, 3.63) is 35.9 Å². The largest absolute Gasteiger partial charge is 0.389 e. The standard InChI is InChI=1S/C20H29NO/c22-20(17-9-4-5-10-17)13-18-11-6-12-19(14-20)21(18)15-16-7-2-1-3-8-16/h1-3,7-8,17-19,22H,4-6,9-15H2. The number of benzene rings is 1. The Balaban J connectivity index is 1.51. The molecule has 2 heterocycles. The maximum absolute atomic E-state index is 11.3. The highest BCUT2D eigenvalue weighted by Crippen LogP contribution is 2.47. The fourth-order valence-electron chi connectivity index (χ4n) is 5.41. The molecule has 2 saturated heterocycles. The molecule has 1 aliphatic carbocycles. The third-order valence-corrected chi connectivity index (χ3v) is 6.51. The van der Waals surface area contributed by atoms with Gasteiger partial charge in [-0.2, -0.15) is 0 Å². The van der Waals surface area contributed by atoms with E-state index in [9.17, 15) is 5.11 Å². The number of piperidine rings is 2. The SMILES string of the molecule is OC1(C2CCCC2)CC2CCCC(C1)N2Cc1ccccc1. The Morgan fingerprint density at radius 1 is 0.909 bits per heavy atom. The maximum atomic E-state index is 11.3. The minimum atomic E-state index is -0.362. The zero-order valence-electron chi connectivity index (χ0n) is 13.6. The van der Waals surface area contributed by atoms with Gasteiger partial charge in [0.1, 0.15) is 0 Å². The Hall–Kier alpha value is -0.860. The molecule has 3 fully saturated rings. The van der Waals surface area contributed by atoms with Gasteiger partial charge in [-0.3, -0.25) is 4.90 Å². The number of hydrogen-bond acceptors (Lipinski definition) is 2. The zero-order valence-corrected chi connectivity index (χ0v) is 13.6. The second-order valence-corrected chi connectivity index (χ2v) is 7.89. The van der Waals surface area contributed by atoms with Crippen LogP contribution in [-0.2, 0) is 6.54 Å². The average molecular weight is 299 g/mol. The van der Waals surface area contributed by atoms with Crippen LogP contribution in [0.2, 0.25) is 0 Å². The van der Waals surface area contributed by atoms with Gasteiger partial charge in [0, 0.05) is 18.6 Å². The second-order valence-electron chi connectivity index (χ2n) is 7.89. The van der Waals surface area contributed by atoms with E-state index in [1.54, 1.807) is 0 Å². The van der Waals surface area contributed by atoms with Crippen molar-refractivity contribution in [2.24, 2.45) is 5.92 Å². The minimum absolute atomic E-state index is 0.362. The summed E-state index contributed by atoms with van der Waals surface area (Å²) in [5, 5.41) is 11.3. The highest BCUT2D eigenvalue weighted by molar-refractivity contribution is 5.16. The highest BCUT2D eigenvalue weighted by atomic mass is 16.3. The van der Waals surface area contributed by atoms with E-state index >= 15 is 0 Å². The lowest BCUT2D eigenvalue weighted by Gasteiger charge is -2.54. The monoisotopic (exact) mass is 299 g/mol. The number of rotatable bonds is 3. The van der Waals surface area contributed by atoms with Crippen molar-refractivity contribution in [3.8, 4) is 0 Å². The first-order valence-electron chi connectivity index (χ1n) is 9.27. The van der Waals surface area contributed by atoms with Gasteiger partial charge in [0.15, 0.2) is 0 Å². The molecule has 1 saturated carbocycles. The van der Waals surface area contributed by atoms with Gasteiger partial charge in [-0.25, -0.2) is 0 Å². The summed E-state index contributed by atoms with van der Waals surface area (Å²) in [5.74, 6) is 0.578. The lowest BCUT2D eigenvalue weighted by Crippen LogP contribution is -2.59. The van der Waals surface area contributed by atoms with Gasteiger partial charge in [0.2, 0.25) is 0 Å². The molecule has 0 amide bonds. The molecule has 0 spiro atoms. The molecule has 2 nitrogen and oxygen atoms in total. The van der Waals surface area contributed by atoms with Crippen molar-refractivity contribution < 1.29 is 5.11 Å². The molecule has 4 rings (SSSR count). The first-order chi connectivity index (χ1) is 10.7. The van der Waals surface area contributed by atoms with Crippen molar-refractivity contribution in [2.45, 2.75) is 82.0 Å². The van der Waals surface area contributed by atoms with Crippen molar-refractivity contribution in [3.63, 3.8) is 0 Å². The lowest BCUT2D eigenvalue weighted by molar-refractivity contribution is -0.124. The molecule has 2 atom stereocenters. The van der Waals surface area contributed by atoms with Gasteiger partial charge in [-0.1, -0.05) is 49.6 Å². The van der Waals surface area contributed by atoms with E-state index in [0.29, 0.717) is 18.0 Å². The van der Waals surface area contributed by atoms with Crippen LogP contribution in [0.25, 0.3) is 0 Å². The molecule has 1 N–H and O–H groups in total. The third-order valence-electron chi connectivity index (χ3n) is 6.51. The molecule has 2 heteroatoms. The summed E-state index contributed by atoms with van der Waals surface area (Å²) in [6.07, 6.45) is 11.1. The van der Waals surface area contributed by atoms with E-state index < -0.39 is 0 Å². The molecule has 2 aliphatic heterocycles. The van der Waals surface area contributed by atoms with Crippen LogP contribution in [0.5, 0.6) is 0 Å². The molecule has 2 unspecified atom stereocenters. The predicted molar refractivity (Wildman–Crippen MR) is 89.6 cm³/mol. The van der Waals surface area contributed by atoms with Crippen LogP contribution in [0.4, 0.5) is 0 Å². The van der Waals surface area contributed by atoms with Crippen LogP contribution in [0.1, 0.15) is 63.4 Å². The Kier molecular flexibility index (Phi) is 4.00. The average Bonchev–Trinajstić information content (AvgIpc) is 3.05. The van der Waals surface area contributed by atoms with E-state index in [2.05, 4.69) is 35.2 Å². The predicted octanol–water partition coefficient (Wildman–Crippen LogP) is 4.12. The van der Waals surface area contributed by atoms with Gasteiger partial charge >= 0.3 is 0 Å². The van der Waals surface area contributed by atoms with Gasteiger partial charge in [-0.05, 0) is 50.0 Å². The molecule has 0 aromatic heterocycles. The highest BCUT2D eigenvalue weighted by Gasteiger charge is 2.49. The normalized spacial score (nSPS) is 36.6. The van der Waals surface area contributed by atoms with E-state index in [0.717, 1.165) is 19.4 Å². The van der Waals surface area contributed by atoms with Crippen molar-refractivity contribution in [1.29, 1.82) is 0 Å². The van der Waals surface area contributed by atoms with E-state index in [1.165, 1.54) is 50.5 Å². The third kappa shape index (κ3) is 2.72. The summed E-state index contributed by atoms with van der Waals surface area (Å²) in [7, 11) is 0. The summed E-state index contributed by atoms with van der Waals surface area (Å²) in [6.45, 7) is 1.07. The smallest absolute Gasteiger partial charge is 0.0705 e. The molecule has 22 heavy (non-hydrogen) atoms. The van der Waals surface area contributed by atoms with Crippen LogP contribution in [-0.4, -0.2) is 27.7 Å². The Bertz CT molecular complexity index is 480. The molecular weight excluding hydrogens is 270 g/mol. The summed E-state index contributed by atoms with van der Waals surface area (Å²) in [5.41, 5.74) is 1.06. The fourth-order valence-corrected chi connectivity index (χ4v) is 5.41. The number of nitrogens with zero attached hydrogens (tertiary/aromatic N) is 1. The van der Waals surface area contributed by atoms with Crippen molar-refractivity contribution >= 4 is 0 Å². The van der Waals surface area contributed by atoms with Gasteiger partial charge in [-0.15, -0.1) is 0 Å². The van der Waals surface area contributed by atoms with E-state index in [-0.39, 0.29) is 5.60 Å². The zero-order chi connectivity index (χ0) is 15.0. The van der Waals surface area contributed by atoms with E-state index in [4.69, 9.17) is 0 Å². The van der Waals surface area contributed by atoms with E-state index in [1.807, 2.05) is 0 Å². The molecule has 1 aromatic carbocycles. The van der Waals surface area contributed by atoms with Crippen LogP contribution >= 0.6 is 0 Å². The molecule has 120 valence electrons. The number of aliphatic hydroxyl groups is 1. The quantitative estimate of drug-likeness (QED) is 0.907. The number of hydrogen-bond donors (Lipinski definition) is 1. The topological polar surface area (TPSA) is 23.5 Å². The summed E-state index contributed by atoms with van der Waals surface area (Å²) >= 11 is 0. The lowest BCUT2D eigenvalue weighted by atomic mass is 9.69. The first kappa shape index (κ1) is 14.7. The maximum Gasteiger partial charge on any atom is 0.0705 e. The van der Waals surface area contributed by atoms with Crippen LogP contribution in [0.3, 0.4) is 0 Å². The van der Waals surface area contributed by atoms with Crippen LogP contribution < -0.4 is 0 Å². The molecular formula is C20H29NO. The molecule has 0 radical (unpaired) electrons. The van der Waals surface area contributed by atoms with Gasteiger partial charge < -0.3 is 5.11 Å². The number of fused-ring (bicyclic) bond motifs is 2. The molecule has 1 aromatic rings. The Labute approximate surface area is 134 Å². The van der Waals surface area contributed by atoms with Gasteiger partial charge in [0.25, 0.3) is 0 Å². The van der Waals surface area contributed by atoms with Crippen molar-refractivity contribution in [2.75, 3.05) is 0 Å². The fraction of sp³-hybridized carbons (Fsp3) is 0.700. The van der Waals surface area contributed by atoms with Crippen molar-refractivity contribution in [1.82, 2.24) is 4.90 Å². The minimum Gasteiger partial charge on any atom is -0.389 e. The summed E-state index contributed by atoms with van der Waals surface area (Å²) in [6, 6.07) is 12.1. The summed E-state index contributed by atoms with van der Waals surface area (Å²) < 4.78 is 0. The Morgan fingerprint density at radius 2 is 1.55 bits per heavy atom. The van der Waals surface area contributed by atoms with Crippen LogP contribution in [0, 0.1) is 5.92 Å². The van der Waals surface area contributed by atoms with Gasteiger partial charge in [0.05, 0.1) is 5.60 Å². The summed E-state index contributed by atoms with van der Waals surface area (Å²) in [4.78, 5) is 2.71. The van der Waals surface area contributed by atoms with Crippen LogP contribution in [0.15, 0.2) is 30.3 Å². The Morgan fingerprint density at radius 3 is 2.18 bits per heavy atom. The molecule has 3 aliphatic rings. The molecule has 2 bridgehead atoms.